The van der Waals surface area contributed by atoms with Crippen LogP contribution >= 0.6 is 0 Å². The Morgan fingerprint density at radius 2 is 2.12 bits per heavy atom. The Bertz CT molecular complexity index is 740. The second-order valence-corrected chi connectivity index (χ2v) is 6.95. The molecule has 4 rings (SSSR count). The highest BCUT2D eigenvalue weighted by Crippen LogP contribution is 2.41. The van der Waals surface area contributed by atoms with Gasteiger partial charge >= 0.3 is 0 Å². The first-order valence-corrected chi connectivity index (χ1v) is 9.07. The molecule has 0 radical (unpaired) electrons. The Kier molecular flexibility index (Phi) is 4.15. The summed E-state index contributed by atoms with van der Waals surface area (Å²) in [4.78, 5) is 25.7. The maximum absolute atomic E-state index is 11.8. The van der Waals surface area contributed by atoms with Crippen molar-refractivity contribution in [1.29, 1.82) is 0 Å². The smallest absolute Gasteiger partial charge is 0.164 e. The lowest BCUT2D eigenvalue weighted by Gasteiger charge is -2.48. The minimum atomic E-state index is -0.165. The van der Waals surface area contributed by atoms with Gasteiger partial charge in [0.25, 0.3) is 0 Å². The zero-order chi connectivity index (χ0) is 17.4. The Labute approximate surface area is 147 Å². The predicted octanol–water partition coefficient (Wildman–Crippen LogP) is 2.41. The topological polar surface area (TPSA) is 78.0 Å². The largest absolute Gasteiger partial charge is 0.359 e. The number of nitrogens with zero attached hydrogens (tertiary/aromatic N) is 5. The number of likely N-dealkylation sites (N-methyl/N-ethyl adjacent to an activating group) is 1. The minimum Gasteiger partial charge on any atom is -0.359 e. The molecule has 0 saturated heterocycles. The van der Waals surface area contributed by atoms with E-state index in [0.29, 0.717) is 11.9 Å². The molecule has 2 aromatic heterocycles. The monoisotopic (exact) mass is 340 g/mol. The van der Waals surface area contributed by atoms with Gasteiger partial charge in [0.15, 0.2) is 11.6 Å². The van der Waals surface area contributed by atoms with Gasteiger partial charge in [-0.25, -0.2) is 9.97 Å². The second-order valence-electron chi connectivity index (χ2n) is 6.95. The number of aromatic amines is 1. The molecule has 0 aromatic carbocycles. The van der Waals surface area contributed by atoms with Crippen molar-refractivity contribution in [2.75, 3.05) is 16.8 Å². The number of anilines is 2. The summed E-state index contributed by atoms with van der Waals surface area (Å²) >= 11 is 0. The van der Waals surface area contributed by atoms with Crippen LogP contribution in [0.4, 0.5) is 11.5 Å². The van der Waals surface area contributed by atoms with E-state index in [1.807, 2.05) is 18.1 Å². The molecule has 0 spiro atoms. The number of aldehydes is 1. The normalized spacial score (nSPS) is 23.8. The lowest BCUT2D eigenvalue weighted by molar-refractivity contribution is -0.109. The van der Waals surface area contributed by atoms with Crippen molar-refractivity contribution < 1.29 is 4.79 Å². The lowest BCUT2D eigenvalue weighted by atomic mass is 9.96. The first kappa shape index (κ1) is 16.1. The maximum Gasteiger partial charge on any atom is 0.164 e. The zero-order valence-electron chi connectivity index (χ0n) is 14.7. The summed E-state index contributed by atoms with van der Waals surface area (Å²) in [7, 11) is 1.97. The van der Waals surface area contributed by atoms with Crippen molar-refractivity contribution in [3.8, 4) is 11.4 Å². The van der Waals surface area contributed by atoms with E-state index in [1.54, 1.807) is 12.4 Å². The fraction of sp³-hybridized carbons (Fsp3) is 0.556. The summed E-state index contributed by atoms with van der Waals surface area (Å²) in [5, 5.41) is 6.82. The van der Waals surface area contributed by atoms with Crippen LogP contribution < -0.4 is 9.80 Å². The molecule has 3 heterocycles. The highest BCUT2D eigenvalue weighted by atomic mass is 16.1. The average molecular weight is 340 g/mol. The highest BCUT2D eigenvalue weighted by molar-refractivity contribution is 5.79. The number of fused-ring (bicyclic) bond motifs is 1. The van der Waals surface area contributed by atoms with Crippen LogP contribution in [0.5, 0.6) is 0 Å². The molecule has 132 valence electrons. The summed E-state index contributed by atoms with van der Waals surface area (Å²) in [5.74, 6) is 1.62. The van der Waals surface area contributed by atoms with Gasteiger partial charge in [-0.05, 0) is 19.3 Å². The minimum absolute atomic E-state index is 0.144. The van der Waals surface area contributed by atoms with E-state index >= 15 is 0 Å². The van der Waals surface area contributed by atoms with E-state index in [9.17, 15) is 4.79 Å². The number of carbonyl (C=O) groups excluding carboxylic acids is 1. The highest BCUT2D eigenvalue weighted by Gasteiger charge is 2.41. The van der Waals surface area contributed by atoms with Crippen molar-refractivity contribution in [3.05, 3.63) is 18.6 Å². The average Bonchev–Trinajstić information content (AvgIpc) is 3.34. The summed E-state index contributed by atoms with van der Waals surface area (Å²) in [6.45, 7) is 2.15. The molecule has 1 aliphatic carbocycles. The van der Waals surface area contributed by atoms with Crippen LogP contribution in [0.3, 0.4) is 0 Å². The third kappa shape index (κ3) is 2.58. The van der Waals surface area contributed by atoms with Crippen molar-refractivity contribution in [3.63, 3.8) is 0 Å². The number of hydrogen-bond acceptors (Lipinski definition) is 6. The van der Waals surface area contributed by atoms with Gasteiger partial charge in [-0.2, -0.15) is 5.10 Å². The van der Waals surface area contributed by atoms with Gasteiger partial charge in [-0.1, -0.05) is 19.8 Å². The van der Waals surface area contributed by atoms with Crippen LogP contribution in [-0.2, 0) is 4.79 Å². The lowest BCUT2D eigenvalue weighted by Crippen LogP contribution is -2.58. The molecule has 1 saturated carbocycles. The van der Waals surface area contributed by atoms with E-state index in [4.69, 9.17) is 4.98 Å². The molecule has 25 heavy (non-hydrogen) atoms. The molecule has 1 aliphatic heterocycles. The van der Waals surface area contributed by atoms with Crippen molar-refractivity contribution in [2.24, 2.45) is 0 Å². The first-order chi connectivity index (χ1) is 12.2. The summed E-state index contributed by atoms with van der Waals surface area (Å²) in [6.07, 6.45) is 12.2. The number of rotatable bonds is 4. The van der Waals surface area contributed by atoms with Crippen LogP contribution in [0.2, 0.25) is 0 Å². The molecular weight excluding hydrogens is 316 g/mol. The zero-order valence-corrected chi connectivity index (χ0v) is 14.7. The number of carbonyl (C=O) groups is 1. The second kappa shape index (κ2) is 6.46. The summed E-state index contributed by atoms with van der Waals surface area (Å²) < 4.78 is 0. The van der Waals surface area contributed by atoms with Gasteiger partial charge in [0.05, 0.1) is 29.7 Å². The molecule has 2 unspecified atom stereocenters. The molecule has 7 nitrogen and oxygen atoms in total. The van der Waals surface area contributed by atoms with E-state index in [-0.39, 0.29) is 12.1 Å². The third-order valence-electron chi connectivity index (χ3n) is 5.61. The van der Waals surface area contributed by atoms with Gasteiger partial charge < -0.3 is 14.6 Å². The third-order valence-corrected chi connectivity index (χ3v) is 5.61. The van der Waals surface area contributed by atoms with Gasteiger partial charge in [0.2, 0.25) is 0 Å². The fourth-order valence-electron chi connectivity index (χ4n) is 4.30. The number of aromatic nitrogens is 4. The number of nitrogens with one attached hydrogen (secondary N) is 1. The van der Waals surface area contributed by atoms with E-state index < -0.39 is 0 Å². The van der Waals surface area contributed by atoms with Crippen LogP contribution in [0.25, 0.3) is 11.4 Å². The molecule has 0 amide bonds. The molecule has 2 aromatic rings. The van der Waals surface area contributed by atoms with Gasteiger partial charge in [-0.3, -0.25) is 5.10 Å². The molecule has 2 atom stereocenters. The van der Waals surface area contributed by atoms with Crippen LogP contribution in [0.15, 0.2) is 18.6 Å². The van der Waals surface area contributed by atoms with Crippen LogP contribution in [0, 0.1) is 0 Å². The van der Waals surface area contributed by atoms with Gasteiger partial charge in [0, 0.05) is 19.3 Å². The van der Waals surface area contributed by atoms with E-state index in [0.717, 1.165) is 42.6 Å². The fourth-order valence-corrected chi connectivity index (χ4v) is 4.30. The molecule has 1 N–H and O–H groups in total. The van der Waals surface area contributed by atoms with Crippen molar-refractivity contribution >= 4 is 17.8 Å². The van der Waals surface area contributed by atoms with Gasteiger partial charge in [0.1, 0.15) is 12.3 Å². The molecule has 2 aliphatic rings. The quantitative estimate of drug-likeness (QED) is 0.861. The SMILES string of the molecule is CCC1C(C=O)N(C)c2cnc(-c3cn[nH]c3)nc2N1C1CCCC1. The van der Waals surface area contributed by atoms with Gasteiger partial charge in [-0.15, -0.1) is 0 Å². The maximum atomic E-state index is 11.8. The van der Waals surface area contributed by atoms with Crippen molar-refractivity contribution in [2.45, 2.75) is 57.2 Å². The van der Waals surface area contributed by atoms with Crippen LogP contribution in [-0.4, -0.2) is 51.6 Å². The predicted molar refractivity (Wildman–Crippen MR) is 96.7 cm³/mol. The summed E-state index contributed by atoms with van der Waals surface area (Å²) in [5.41, 5.74) is 1.81. The van der Waals surface area contributed by atoms with E-state index in [1.165, 1.54) is 12.8 Å². The number of H-pyrrole nitrogens is 1. The molecule has 7 heteroatoms. The van der Waals surface area contributed by atoms with Crippen molar-refractivity contribution in [1.82, 2.24) is 20.2 Å². The Hall–Kier alpha value is -2.44. The van der Waals surface area contributed by atoms with E-state index in [2.05, 4.69) is 27.0 Å². The van der Waals surface area contributed by atoms with Crippen LogP contribution in [0.1, 0.15) is 39.0 Å². The molecule has 1 fully saturated rings. The Morgan fingerprint density at radius 1 is 1.32 bits per heavy atom. The summed E-state index contributed by atoms with van der Waals surface area (Å²) in [6, 6.07) is 0.429. The first-order valence-electron chi connectivity index (χ1n) is 9.07. The molecule has 0 bridgehead atoms. The number of hydrogen-bond donors (Lipinski definition) is 1. The Balaban J connectivity index is 1.85. The molecular formula is C18H24N6O. The standard InChI is InChI=1S/C18H24N6O/c1-3-14-16(11-25)23(2)15-10-19-17(12-8-20-21-9-12)22-18(15)24(14)13-6-4-5-7-13/h8-11,13-14,16H,3-7H2,1-2H3,(H,20,21). The Morgan fingerprint density at radius 3 is 2.76 bits per heavy atom.